The maximum Gasteiger partial charge on any atom is 0.282 e. The maximum atomic E-state index is 12.8. The predicted octanol–water partition coefficient (Wildman–Crippen LogP) is 3.59. The number of nitro groups is 1. The third-order valence-corrected chi connectivity index (χ3v) is 3.55. The Morgan fingerprint density at radius 3 is 2.73 bits per heavy atom. The van der Waals surface area contributed by atoms with Gasteiger partial charge in [0.05, 0.1) is 16.0 Å². The van der Waals surface area contributed by atoms with Crippen LogP contribution in [0.5, 0.6) is 0 Å². The molecule has 2 aromatic carbocycles. The van der Waals surface area contributed by atoms with E-state index in [2.05, 4.69) is 4.98 Å². The molecule has 0 saturated carbocycles. The highest BCUT2D eigenvalue weighted by Crippen LogP contribution is 2.26. The molecular weight excluding hydrogens is 306 g/mol. The van der Waals surface area contributed by atoms with Crippen molar-refractivity contribution >= 4 is 34.2 Å². The lowest BCUT2D eigenvalue weighted by Gasteiger charge is -2.06. The second-order valence-electron chi connectivity index (χ2n) is 4.71. The molecule has 1 aromatic heterocycles. The first-order valence-corrected chi connectivity index (χ1v) is 6.79. The first kappa shape index (κ1) is 14.2. The fourth-order valence-corrected chi connectivity index (χ4v) is 2.53. The maximum absolute atomic E-state index is 12.8. The molecule has 0 aliphatic rings. The van der Waals surface area contributed by atoms with Crippen molar-refractivity contribution in [1.29, 1.82) is 0 Å². The monoisotopic (exact) mass is 315 g/mol. The zero-order valence-corrected chi connectivity index (χ0v) is 12.2. The summed E-state index contributed by atoms with van der Waals surface area (Å²) in [5, 5.41) is 11.4. The molecular formula is C15H10ClN3O3. The van der Waals surface area contributed by atoms with Gasteiger partial charge in [0.25, 0.3) is 11.6 Å². The van der Waals surface area contributed by atoms with Crippen LogP contribution in [0.2, 0.25) is 5.02 Å². The molecule has 3 aromatic rings. The van der Waals surface area contributed by atoms with E-state index in [4.69, 9.17) is 11.6 Å². The molecule has 0 aliphatic heterocycles. The second-order valence-corrected chi connectivity index (χ2v) is 5.14. The van der Waals surface area contributed by atoms with Crippen LogP contribution in [0.15, 0.2) is 42.5 Å². The Kier molecular flexibility index (Phi) is 3.38. The molecule has 0 saturated heterocycles. The molecule has 0 N–H and O–H groups in total. The zero-order valence-electron chi connectivity index (χ0n) is 11.5. The summed E-state index contributed by atoms with van der Waals surface area (Å²) in [5.74, 6) is -0.0686. The van der Waals surface area contributed by atoms with Crippen molar-refractivity contribution < 1.29 is 9.72 Å². The van der Waals surface area contributed by atoms with Crippen molar-refractivity contribution in [3.63, 3.8) is 0 Å². The van der Waals surface area contributed by atoms with Crippen LogP contribution >= 0.6 is 11.6 Å². The Morgan fingerprint density at radius 2 is 2.00 bits per heavy atom. The van der Waals surface area contributed by atoms with Crippen molar-refractivity contribution in [3.8, 4) is 0 Å². The number of benzene rings is 2. The van der Waals surface area contributed by atoms with Crippen molar-refractivity contribution in [3.05, 3.63) is 69.0 Å². The number of rotatable bonds is 2. The molecule has 0 unspecified atom stereocenters. The summed E-state index contributed by atoms with van der Waals surface area (Å²) in [6, 6.07) is 11.0. The number of para-hydroxylation sites is 2. The largest absolute Gasteiger partial charge is 0.282 e. The fraction of sp³-hybridized carbons (Fsp3) is 0.0667. The molecule has 0 amide bonds. The standard InChI is InChI=1S/C15H10ClN3O3/c1-9-17-12-4-2-3-5-14(12)18(9)15(20)11-8-10(16)6-7-13(11)19(21)22/h2-8H,1H3. The van der Waals surface area contributed by atoms with Crippen LogP contribution in [0.4, 0.5) is 5.69 Å². The van der Waals surface area contributed by atoms with Crippen LogP contribution in [-0.2, 0) is 0 Å². The predicted molar refractivity (Wildman–Crippen MR) is 82.3 cm³/mol. The number of imidazole rings is 1. The first-order chi connectivity index (χ1) is 10.5. The van der Waals surface area contributed by atoms with Gasteiger partial charge in [-0.15, -0.1) is 0 Å². The minimum atomic E-state index is -0.599. The fourth-order valence-electron chi connectivity index (χ4n) is 2.36. The van der Waals surface area contributed by atoms with E-state index in [1.54, 1.807) is 25.1 Å². The Labute approximate surface area is 130 Å². The van der Waals surface area contributed by atoms with E-state index in [-0.39, 0.29) is 16.3 Å². The molecule has 110 valence electrons. The van der Waals surface area contributed by atoms with Gasteiger partial charge in [0.2, 0.25) is 0 Å². The van der Waals surface area contributed by atoms with Crippen molar-refractivity contribution in [2.45, 2.75) is 6.92 Å². The average Bonchev–Trinajstić information content (AvgIpc) is 2.81. The normalized spacial score (nSPS) is 10.8. The van der Waals surface area contributed by atoms with Gasteiger partial charge in [0, 0.05) is 11.1 Å². The molecule has 0 aliphatic carbocycles. The van der Waals surface area contributed by atoms with Gasteiger partial charge in [0.1, 0.15) is 11.4 Å². The van der Waals surface area contributed by atoms with Crippen LogP contribution in [0.3, 0.4) is 0 Å². The van der Waals surface area contributed by atoms with E-state index < -0.39 is 10.8 Å². The van der Waals surface area contributed by atoms with Crippen LogP contribution in [0, 0.1) is 17.0 Å². The summed E-state index contributed by atoms with van der Waals surface area (Å²) in [4.78, 5) is 27.6. The topological polar surface area (TPSA) is 78.0 Å². The highest BCUT2D eigenvalue weighted by atomic mass is 35.5. The number of carbonyl (C=O) groups excluding carboxylic acids is 1. The Hall–Kier alpha value is -2.73. The summed E-state index contributed by atoms with van der Waals surface area (Å²) in [7, 11) is 0. The third-order valence-electron chi connectivity index (χ3n) is 3.32. The number of nitro benzene ring substituents is 1. The average molecular weight is 316 g/mol. The summed E-state index contributed by atoms with van der Waals surface area (Å²) >= 11 is 5.89. The second kappa shape index (κ2) is 5.23. The lowest BCUT2D eigenvalue weighted by atomic mass is 10.1. The summed E-state index contributed by atoms with van der Waals surface area (Å²) in [6.07, 6.45) is 0. The van der Waals surface area contributed by atoms with Crippen LogP contribution < -0.4 is 0 Å². The van der Waals surface area contributed by atoms with Crippen LogP contribution in [-0.4, -0.2) is 20.4 Å². The smallest absolute Gasteiger partial charge is 0.268 e. The summed E-state index contributed by atoms with van der Waals surface area (Å²) in [6.45, 7) is 1.67. The number of carbonyl (C=O) groups is 1. The van der Waals surface area contributed by atoms with Gasteiger partial charge in [-0.05, 0) is 31.2 Å². The summed E-state index contributed by atoms with van der Waals surface area (Å²) in [5.41, 5.74) is 0.896. The molecule has 0 spiro atoms. The lowest BCUT2D eigenvalue weighted by molar-refractivity contribution is -0.385. The number of hydrogen-bond acceptors (Lipinski definition) is 4. The molecule has 3 rings (SSSR count). The molecule has 0 radical (unpaired) electrons. The van der Waals surface area contributed by atoms with Gasteiger partial charge in [-0.1, -0.05) is 23.7 Å². The molecule has 7 heteroatoms. The minimum absolute atomic E-state index is 0.0660. The zero-order chi connectivity index (χ0) is 15.9. The van der Waals surface area contributed by atoms with Crippen molar-refractivity contribution in [1.82, 2.24) is 9.55 Å². The quantitative estimate of drug-likeness (QED) is 0.534. The number of hydrogen-bond donors (Lipinski definition) is 0. The molecule has 0 atom stereocenters. The van der Waals surface area contributed by atoms with Gasteiger partial charge in [-0.25, -0.2) is 4.98 Å². The van der Waals surface area contributed by atoms with E-state index >= 15 is 0 Å². The van der Waals surface area contributed by atoms with Gasteiger partial charge < -0.3 is 0 Å². The van der Waals surface area contributed by atoms with Gasteiger partial charge in [-0.3, -0.25) is 19.5 Å². The van der Waals surface area contributed by atoms with E-state index in [9.17, 15) is 14.9 Å². The van der Waals surface area contributed by atoms with E-state index in [0.29, 0.717) is 16.9 Å². The minimum Gasteiger partial charge on any atom is -0.268 e. The van der Waals surface area contributed by atoms with E-state index in [1.807, 2.05) is 6.07 Å². The lowest BCUT2D eigenvalue weighted by Crippen LogP contribution is -2.15. The van der Waals surface area contributed by atoms with E-state index in [0.717, 1.165) is 0 Å². The number of aryl methyl sites for hydroxylation is 1. The van der Waals surface area contributed by atoms with Gasteiger partial charge in [0.15, 0.2) is 0 Å². The highest BCUT2D eigenvalue weighted by Gasteiger charge is 2.24. The number of fused-ring (bicyclic) bond motifs is 1. The number of aromatic nitrogens is 2. The van der Waals surface area contributed by atoms with Gasteiger partial charge >= 0.3 is 0 Å². The first-order valence-electron chi connectivity index (χ1n) is 6.42. The van der Waals surface area contributed by atoms with Gasteiger partial charge in [-0.2, -0.15) is 0 Å². The molecule has 6 nitrogen and oxygen atoms in total. The SMILES string of the molecule is Cc1nc2ccccc2n1C(=O)c1cc(Cl)ccc1[N+](=O)[O-]. The Morgan fingerprint density at radius 1 is 1.27 bits per heavy atom. The molecule has 0 bridgehead atoms. The molecule has 1 heterocycles. The van der Waals surface area contributed by atoms with Crippen molar-refractivity contribution in [2.24, 2.45) is 0 Å². The van der Waals surface area contributed by atoms with Crippen LogP contribution in [0.1, 0.15) is 16.2 Å². The highest BCUT2D eigenvalue weighted by molar-refractivity contribution is 6.31. The Balaban J connectivity index is 2.25. The Bertz CT molecular complexity index is 918. The molecule has 0 fully saturated rings. The molecule has 22 heavy (non-hydrogen) atoms. The number of nitrogens with zero attached hydrogens (tertiary/aromatic N) is 3. The van der Waals surface area contributed by atoms with Crippen LogP contribution in [0.25, 0.3) is 11.0 Å². The summed E-state index contributed by atoms with van der Waals surface area (Å²) < 4.78 is 1.36. The number of halogens is 1. The van der Waals surface area contributed by atoms with Crippen molar-refractivity contribution in [2.75, 3.05) is 0 Å². The third kappa shape index (κ3) is 2.23. The van der Waals surface area contributed by atoms with E-state index in [1.165, 1.54) is 22.8 Å².